The lowest BCUT2D eigenvalue weighted by Gasteiger charge is -2.21. The third kappa shape index (κ3) is 5.08. The molecule has 1 aliphatic heterocycles. The highest BCUT2D eigenvalue weighted by molar-refractivity contribution is 7.89. The molecule has 1 saturated heterocycles. The van der Waals surface area contributed by atoms with E-state index in [1.165, 1.54) is 16.6 Å². The summed E-state index contributed by atoms with van der Waals surface area (Å²) < 4.78 is 27.9. The second-order valence-corrected chi connectivity index (χ2v) is 9.43. The molecule has 1 aromatic heterocycles. The zero-order valence-electron chi connectivity index (χ0n) is 16.4. The zero-order chi connectivity index (χ0) is 21.7. The first kappa shape index (κ1) is 22.9. The number of carbonyl (C=O) groups is 1. The quantitative estimate of drug-likeness (QED) is 0.487. The molecule has 1 atom stereocenters. The van der Waals surface area contributed by atoms with E-state index in [1.54, 1.807) is 23.2 Å². The Morgan fingerprint density at radius 3 is 2.70 bits per heavy atom. The van der Waals surface area contributed by atoms with Crippen LogP contribution in [0.2, 0.25) is 5.02 Å². The Hall–Kier alpha value is -1.82. The molecule has 1 amide bonds. The number of sulfonamides is 1. The second kappa shape index (κ2) is 9.99. The maximum absolute atomic E-state index is 13.3. The van der Waals surface area contributed by atoms with Crippen LogP contribution in [0.15, 0.2) is 35.5 Å². The number of rotatable bonds is 9. The van der Waals surface area contributed by atoms with Crippen molar-refractivity contribution in [2.75, 3.05) is 45.9 Å². The van der Waals surface area contributed by atoms with E-state index in [-0.39, 0.29) is 67.8 Å². The summed E-state index contributed by atoms with van der Waals surface area (Å²) in [4.78, 5) is 18.1. The van der Waals surface area contributed by atoms with E-state index in [0.29, 0.717) is 17.2 Å². The molecule has 1 aliphatic rings. The number of carbonyl (C=O) groups excluding carboxylic acids is 1. The predicted molar refractivity (Wildman–Crippen MR) is 113 cm³/mol. The van der Waals surface area contributed by atoms with Gasteiger partial charge in [-0.25, -0.2) is 8.42 Å². The van der Waals surface area contributed by atoms with Crippen molar-refractivity contribution in [3.63, 3.8) is 0 Å². The lowest BCUT2D eigenvalue weighted by Crippen LogP contribution is -2.45. The minimum atomic E-state index is -3.80. The molecule has 1 fully saturated rings. The lowest BCUT2D eigenvalue weighted by atomic mass is 10.2. The van der Waals surface area contributed by atoms with Crippen molar-refractivity contribution in [2.24, 2.45) is 0 Å². The highest BCUT2D eigenvalue weighted by Gasteiger charge is 2.34. The number of fused-ring (bicyclic) bond motifs is 1. The number of nitrogens with zero attached hydrogens (tertiary/aromatic N) is 3. The summed E-state index contributed by atoms with van der Waals surface area (Å²) in [6.07, 6.45) is 3.48. The summed E-state index contributed by atoms with van der Waals surface area (Å²) in [5.41, 5.74) is 0. The third-order valence-corrected chi connectivity index (χ3v) is 7.23. The van der Waals surface area contributed by atoms with Crippen molar-refractivity contribution in [2.45, 2.75) is 17.4 Å². The number of hydrogen-bond donors (Lipinski definition) is 3. The average Bonchev–Trinajstić information content (AvgIpc) is 3.17. The first-order valence-electron chi connectivity index (χ1n) is 9.62. The monoisotopic (exact) mass is 456 g/mol. The van der Waals surface area contributed by atoms with Gasteiger partial charge in [0.1, 0.15) is 0 Å². The van der Waals surface area contributed by atoms with Gasteiger partial charge in [-0.2, -0.15) is 4.31 Å². The molecule has 0 aliphatic carbocycles. The minimum absolute atomic E-state index is 0.0241. The number of aliphatic hydroxyl groups excluding tert-OH is 2. The molecule has 9 nitrogen and oxygen atoms in total. The predicted octanol–water partition coefficient (Wildman–Crippen LogP) is 0.0540. The number of benzene rings is 1. The SMILES string of the molecule is O=C(CN(CCO)CCO)N[C@@H]1CCN(S(=O)(=O)c2cccc3cncc(Cl)c23)C1. The number of aliphatic hydroxyl groups is 2. The molecule has 0 saturated carbocycles. The second-order valence-electron chi connectivity index (χ2n) is 7.12. The molecular formula is C19H25ClN4O5S. The Balaban J connectivity index is 1.70. The van der Waals surface area contributed by atoms with Crippen LogP contribution in [-0.4, -0.2) is 90.7 Å². The Morgan fingerprint density at radius 1 is 1.27 bits per heavy atom. The van der Waals surface area contributed by atoms with Gasteiger partial charge in [0.05, 0.1) is 29.7 Å². The molecule has 3 rings (SSSR count). The van der Waals surface area contributed by atoms with Gasteiger partial charge < -0.3 is 15.5 Å². The minimum Gasteiger partial charge on any atom is -0.395 e. The maximum Gasteiger partial charge on any atom is 0.243 e. The van der Waals surface area contributed by atoms with E-state index in [9.17, 15) is 13.2 Å². The van der Waals surface area contributed by atoms with E-state index in [4.69, 9.17) is 21.8 Å². The van der Waals surface area contributed by atoms with Crippen LogP contribution in [0.3, 0.4) is 0 Å². The Kier molecular flexibility index (Phi) is 7.61. The molecule has 0 spiro atoms. The summed E-state index contributed by atoms with van der Waals surface area (Å²) in [6, 6.07) is 4.62. The largest absolute Gasteiger partial charge is 0.395 e. The van der Waals surface area contributed by atoms with Gasteiger partial charge in [-0.3, -0.25) is 14.7 Å². The van der Waals surface area contributed by atoms with Crippen molar-refractivity contribution in [3.05, 3.63) is 35.6 Å². The van der Waals surface area contributed by atoms with Gasteiger partial charge in [0.15, 0.2) is 0 Å². The number of aromatic nitrogens is 1. The van der Waals surface area contributed by atoms with Gasteiger partial charge in [-0.1, -0.05) is 23.7 Å². The van der Waals surface area contributed by atoms with Gasteiger partial charge in [0, 0.05) is 55.4 Å². The molecule has 30 heavy (non-hydrogen) atoms. The summed E-state index contributed by atoms with van der Waals surface area (Å²) in [5, 5.41) is 22.3. The molecule has 2 heterocycles. The Labute approximate surface area is 180 Å². The van der Waals surface area contributed by atoms with Crippen molar-refractivity contribution in [3.8, 4) is 0 Å². The van der Waals surface area contributed by atoms with Crippen LogP contribution in [0.1, 0.15) is 6.42 Å². The normalized spacial score (nSPS) is 17.7. The number of halogens is 1. The highest BCUT2D eigenvalue weighted by atomic mass is 35.5. The molecular weight excluding hydrogens is 432 g/mol. The van der Waals surface area contributed by atoms with E-state index in [0.717, 1.165) is 0 Å². The summed E-state index contributed by atoms with van der Waals surface area (Å²) >= 11 is 6.23. The van der Waals surface area contributed by atoms with Crippen LogP contribution in [0.5, 0.6) is 0 Å². The summed E-state index contributed by atoms with van der Waals surface area (Å²) in [6.45, 7) is 0.774. The Morgan fingerprint density at radius 2 is 2.00 bits per heavy atom. The number of amides is 1. The topological polar surface area (TPSA) is 123 Å². The van der Waals surface area contributed by atoms with Crippen molar-refractivity contribution < 1.29 is 23.4 Å². The first-order valence-corrected chi connectivity index (χ1v) is 11.4. The maximum atomic E-state index is 13.3. The van der Waals surface area contributed by atoms with Crippen LogP contribution in [0.25, 0.3) is 10.8 Å². The molecule has 164 valence electrons. The molecule has 0 bridgehead atoms. The smallest absolute Gasteiger partial charge is 0.243 e. The molecule has 3 N–H and O–H groups in total. The van der Waals surface area contributed by atoms with E-state index in [2.05, 4.69) is 10.3 Å². The summed E-state index contributed by atoms with van der Waals surface area (Å²) in [5.74, 6) is -0.277. The lowest BCUT2D eigenvalue weighted by molar-refractivity contribution is -0.123. The van der Waals surface area contributed by atoms with Crippen molar-refractivity contribution >= 4 is 38.3 Å². The molecule has 1 aromatic carbocycles. The molecule has 2 aromatic rings. The fraction of sp³-hybridized carbons (Fsp3) is 0.474. The fourth-order valence-electron chi connectivity index (χ4n) is 3.61. The first-order chi connectivity index (χ1) is 14.4. The third-order valence-electron chi connectivity index (χ3n) is 5.03. The van der Waals surface area contributed by atoms with Crippen molar-refractivity contribution in [1.82, 2.24) is 19.5 Å². The van der Waals surface area contributed by atoms with Crippen LogP contribution < -0.4 is 5.32 Å². The number of nitrogens with one attached hydrogen (secondary N) is 1. The van der Waals surface area contributed by atoms with Crippen LogP contribution >= 0.6 is 11.6 Å². The molecule has 0 unspecified atom stereocenters. The van der Waals surface area contributed by atoms with Gasteiger partial charge >= 0.3 is 0 Å². The number of hydrogen-bond acceptors (Lipinski definition) is 7. The van der Waals surface area contributed by atoms with E-state index >= 15 is 0 Å². The highest BCUT2D eigenvalue weighted by Crippen LogP contribution is 2.32. The van der Waals surface area contributed by atoms with Gasteiger partial charge in [0.25, 0.3) is 0 Å². The van der Waals surface area contributed by atoms with Gasteiger partial charge in [-0.05, 0) is 12.5 Å². The van der Waals surface area contributed by atoms with Crippen molar-refractivity contribution in [1.29, 1.82) is 0 Å². The van der Waals surface area contributed by atoms with Gasteiger partial charge in [-0.15, -0.1) is 0 Å². The van der Waals surface area contributed by atoms with Crippen LogP contribution in [0, 0.1) is 0 Å². The van der Waals surface area contributed by atoms with E-state index in [1.807, 2.05) is 0 Å². The van der Waals surface area contributed by atoms with Crippen LogP contribution in [0.4, 0.5) is 0 Å². The fourth-order valence-corrected chi connectivity index (χ4v) is 5.67. The standard InChI is InChI=1S/C19H25ClN4O5S/c20-16-11-21-10-14-2-1-3-17(19(14)16)30(28,29)24-5-4-15(12-24)22-18(27)13-23(6-8-25)7-9-26/h1-3,10-11,15,25-26H,4-9,12-13H2,(H,22,27)/t15-/m1/s1. The van der Waals surface area contributed by atoms with E-state index < -0.39 is 10.0 Å². The molecule has 11 heteroatoms. The van der Waals surface area contributed by atoms with Gasteiger partial charge in [0.2, 0.25) is 15.9 Å². The zero-order valence-corrected chi connectivity index (χ0v) is 17.9. The number of pyridine rings is 1. The van der Waals surface area contributed by atoms with Crippen LogP contribution in [-0.2, 0) is 14.8 Å². The molecule has 0 radical (unpaired) electrons. The average molecular weight is 457 g/mol. The Bertz CT molecular complexity index is 992. The summed E-state index contributed by atoms with van der Waals surface area (Å²) in [7, 11) is -3.80.